The molecule has 1 aliphatic rings. The van der Waals surface area contributed by atoms with Gasteiger partial charge in [0.15, 0.2) is 0 Å². The van der Waals surface area contributed by atoms with Crippen molar-refractivity contribution in [3.8, 4) is 0 Å². The van der Waals surface area contributed by atoms with Crippen LogP contribution in [0.5, 0.6) is 0 Å². The van der Waals surface area contributed by atoms with Crippen molar-refractivity contribution in [1.82, 2.24) is 0 Å². The maximum atomic E-state index is 6.40. The smallest absolute Gasteiger partial charge is 0.104 e. The Balaban J connectivity index is 2.34. The molecule has 1 heterocycles. The number of hydrogen-bond donors (Lipinski definition) is 1. The van der Waals surface area contributed by atoms with Gasteiger partial charge in [0.05, 0.1) is 21.9 Å². The summed E-state index contributed by atoms with van der Waals surface area (Å²) in [5, 5.41) is 0.670. The number of hydrogen-bond acceptors (Lipinski definition) is 3. The molecule has 3 nitrogen and oxygen atoms in total. The first-order valence-corrected chi connectivity index (χ1v) is 7.43. The highest BCUT2D eigenvalue weighted by atomic mass is 35.5. The Labute approximate surface area is 131 Å². The van der Waals surface area contributed by atoms with Crippen molar-refractivity contribution in [2.45, 2.75) is 38.9 Å². The van der Waals surface area contributed by atoms with Crippen molar-refractivity contribution >= 4 is 34.5 Å². The molecule has 1 fully saturated rings. The van der Waals surface area contributed by atoms with Gasteiger partial charge in [-0.2, -0.15) is 0 Å². The summed E-state index contributed by atoms with van der Waals surface area (Å²) in [4.78, 5) is 2.62. The van der Waals surface area contributed by atoms with Crippen LogP contribution in [0, 0.1) is 0 Å². The van der Waals surface area contributed by atoms with Gasteiger partial charge in [-0.3, -0.25) is 0 Å². The molecule has 2 N–H and O–H groups in total. The van der Waals surface area contributed by atoms with Gasteiger partial charge in [0.2, 0.25) is 0 Å². The maximum absolute atomic E-state index is 6.40. The van der Waals surface area contributed by atoms with Crippen LogP contribution in [0.3, 0.4) is 0 Å². The van der Waals surface area contributed by atoms with Crippen LogP contribution >= 0.6 is 23.8 Å². The van der Waals surface area contributed by atoms with E-state index >= 15 is 0 Å². The first-order valence-electron chi connectivity index (χ1n) is 6.64. The Morgan fingerprint density at radius 3 is 2.25 bits per heavy atom. The molecule has 20 heavy (non-hydrogen) atoms. The molecule has 0 atom stereocenters. The predicted octanol–water partition coefficient (Wildman–Crippen LogP) is 3.37. The lowest BCUT2D eigenvalue weighted by atomic mass is 9.98. The minimum atomic E-state index is -0.215. The summed E-state index contributed by atoms with van der Waals surface area (Å²) in [7, 11) is 0. The molecule has 2 rings (SSSR count). The summed E-state index contributed by atoms with van der Waals surface area (Å²) in [6, 6.07) is 5.72. The number of rotatable bonds is 2. The summed E-state index contributed by atoms with van der Waals surface area (Å²) < 4.78 is 6.09. The maximum Gasteiger partial charge on any atom is 0.104 e. The molecule has 0 radical (unpaired) electrons. The standard InChI is InChI=1S/C15H21ClN2OS/c1-14(2)8-18(9-15(3,4)19-14)12-6-5-10(13(17)20)7-11(12)16/h5-7H,8-9H2,1-4H3,(H2,17,20). The van der Waals surface area contributed by atoms with E-state index in [2.05, 4.69) is 32.6 Å². The lowest BCUT2D eigenvalue weighted by Gasteiger charge is -2.48. The topological polar surface area (TPSA) is 38.5 Å². The number of benzene rings is 1. The van der Waals surface area contributed by atoms with E-state index in [1.165, 1.54) is 0 Å². The number of nitrogens with two attached hydrogens (primary N) is 1. The highest BCUT2D eigenvalue weighted by molar-refractivity contribution is 7.80. The third-order valence-corrected chi connectivity index (χ3v) is 3.81. The summed E-state index contributed by atoms with van der Waals surface area (Å²) in [5.74, 6) is 0. The van der Waals surface area contributed by atoms with Gasteiger partial charge in [0.25, 0.3) is 0 Å². The first kappa shape index (κ1) is 15.5. The molecule has 0 amide bonds. The van der Waals surface area contributed by atoms with E-state index in [1.807, 2.05) is 18.2 Å². The van der Waals surface area contributed by atoms with Crippen molar-refractivity contribution in [3.05, 3.63) is 28.8 Å². The summed E-state index contributed by atoms with van der Waals surface area (Å²) in [6.07, 6.45) is 0. The van der Waals surface area contributed by atoms with Crippen molar-refractivity contribution in [2.24, 2.45) is 5.73 Å². The lowest BCUT2D eigenvalue weighted by Crippen LogP contribution is -2.57. The lowest BCUT2D eigenvalue weighted by molar-refractivity contribution is -0.133. The van der Waals surface area contributed by atoms with E-state index in [1.54, 1.807) is 0 Å². The third-order valence-electron chi connectivity index (χ3n) is 3.27. The zero-order valence-corrected chi connectivity index (χ0v) is 13.9. The molecule has 0 unspecified atom stereocenters. The van der Waals surface area contributed by atoms with Crippen LogP contribution in [0.2, 0.25) is 5.02 Å². The number of anilines is 1. The average Bonchev–Trinajstić information content (AvgIpc) is 2.24. The molecule has 0 aromatic heterocycles. The van der Waals surface area contributed by atoms with Crippen molar-refractivity contribution < 1.29 is 4.74 Å². The number of halogens is 1. The van der Waals surface area contributed by atoms with E-state index in [0.717, 1.165) is 24.3 Å². The second kappa shape index (κ2) is 5.17. The minimum absolute atomic E-state index is 0.215. The largest absolute Gasteiger partial charge is 0.389 e. The second-order valence-electron chi connectivity index (χ2n) is 6.51. The third kappa shape index (κ3) is 3.43. The molecule has 0 bridgehead atoms. The van der Waals surface area contributed by atoms with Crippen LogP contribution in [0.15, 0.2) is 18.2 Å². The number of nitrogens with zero attached hydrogens (tertiary/aromatic N) is 1. The fraction of sp³-hybridized carbons (Fsp3) is 0.533. The zero-order chi connectivity index (χ0) is 15.1. The van der Waals surface area contributed by atoms with E-state index in [9.17, 15) is 0 Å². The van der Waals surface area contributed by atoms with E-state index in [-0.39, 0.29) is 11.2 Å². The van der Waals surface area contributed by atoms with E-state index in [4.69, 9.17) is 34.3 Å². The van der Waals surface area contributed by atoms with Crippen LogP contribution in [0.4, 0.5) is 5.69 Å². The summed E-state index contributed by atoms with van der Waals surface area (Å²) >= 11 is 11.4. The highest BCUT2D eigenvalue weighted by Gasteiger charge is 2.38. The van der Waals surface area contributed by atoms with Crippen LogP contribution in [-0.2, 0) is 4.74 Å². The highest BCUT2D eigenvalue weighted by Crippen LogP contribution is 2.35. The fourth-order valence-corrected chi connectivity index (χ4v) is 3.30. The molecule has 0 saturated carbocycles. The van der Waals surface area contributed by atoms with Crippen molar-refractivity contribution in [3.63, 3.8) is 0 Å². The molecule has 0 spiro atoms. The average molecular weight is 313 g/mol. The molecule has 1 aromatic carbocycles. The van der Waals surface area contributed by atoms with Crippen LogP contribution < -0.4 is 10.6 Å². The predicted molar refractivity (Wildman–Crippen MR) is 88.8 cm³/mol. The SMILES string of the molecule is CC1(C)CN(c2ccc(C(N)=S)cc2Cl)CC(C)(C)O1. The van der Waals surface area contributed by atoms with Gasteiger partial charge >= 0.3 is 0 Å². The Morgan fingerprint density at radius 2 is 1.80 bits per heavy atom. The number of ether oxygens (including phenoxy) is 1. The molecule has 110 valence electrons. The van der Waals surface area contributed by atoms with Gasteiger partial charge in [-0.05, 0) is 45.9 Å². The van der Waals surface area contributed by atoms with Gasteiger partial charge in [-0.15, -0.1) is 0 Å². The normalized spacial score (nSPS) is 20.8. The zero-order valence-electron chi connectivity index (χ0n) is 12.4. The van der Waals surface area contributed by atoms with Crippen LogP contribution in [0.1, 0.15) is 33.3 Å². The van der Waals surface area contributed by atoms with Gasteiger partial charge in [-0.25, -0.2) is 0 Å². The monoisotopic (exact) mass is 312 g/mol. The van der Waals surface area contributed by atoms with Gasteiger partial charge < -0.3 is 15.4 Å². The molecule has 1 saturated heterocycles. The van der Waals surface area contributed by atoms with Crippen LogP contribution in [-0.4, -0.2) is 29.3 Å². The van der Waals surface area contributed by atoms with E-state index < -0.39 is 0 Å². The van der Waals surface area contributed by atoms with E-state index in [0.29, 0.717) is 10.0 Å². The molecule has 1 aromatic rings. The summed E-state index contributed by atoms with van der Waals surface area (Å²) in [5.41, 5.74) is 6.99. The first-order chi connectivity index (χ1) is 9.10. The Kier molecular flexibility index (Phi) is 4.02. The quantitative estimate of drug-likeness (QED) is 0.850. The molecular formula is C15H21ClN2OS. The molecule has 0 aliphatic carbocycles. The Morgan fingerprint density at radius 1 is 1.25 bits per heavy atom. The summed E-state index contributed by atoms with van der Waals surface area (Å²) in [6.45, 7) is 9.97. The van der Waals surface area contributed by atoms with Crippen LogP contribution in [0.25, 0.3) is 0 Å². The number of morpholine rings is 1. The molecule has 1 aliphatic heterocycles. The van der Waals surface area contributed by atoms with Gasteiger partial charge in [-0.1, -0.05) is 23.8 Å². The molecular weight excluding hydrogens is 292 g/mol. The number of thiocarbonyl (C=S) groups is 1. The minimum Gasteiger partial charge on any atom is -0.389 e. The Hall–Kier alpha value is -0.840. The van der Waals surface area contributed by atoms with Gasteiger partial charge in [0, 0.05) is 18.7 Å². The Bertz CT molecular complexity index is 527. The van der Waals surface area contributed by atoms with Crippen molar-refractivity contribution in [2.75, 3.05) is 18.0 Å². The second-order valence-corrected chi connectivity index (χ2v) is 7.35. The van der Waals surface area contributed by atoms with Crippen molar-refractivity contribution in [1.29, 1.82) is 0 Å². The molecule has 5 heteroatoms. The van der Waals surface area contributed by atoms with Gasteiger partial charge in [0.1, 0.15) is 4.99 Å². The fourth-order valence-electron chi connectivity index (χ4n) is 2.87.